The zero-order chi connectivity index (χ0) is 12.3. The van der Waals surface area contributed by atoms with E-state index in [0.717, 1.165) is 42.2 Å². The Labute approximate surface area is 112 Å². The zero-order valence-corrected chi connectivity index (χ0v) is 11.5. The van der Waals surface area contributed by atoms with E-state index in [1.807, 2.05) is 18.2 Å². The fourth-order valence-electron chi connectivity index (χ4n) is 2.36. The molecular formula is C13H17Cl2NO. The number of rotatable bonds is 3. The van der Waals surface area contributed by atoms with Crippen molar-refractivity contribution in [1.29, 1.82) is 0 Å². The number of alkyl halides is 1. The van der Waals surface area contributed by atoms with Gasteiger partial charge in [0.15, 0.2) is 0 Å². The second kappa shape index (κ2) is 5.94. The molecule has 1 atom stereocenters. The molecule has 0 bridgehead atoms. The molecule has 2 rings (SSSR count). The summed E-state index contributed by atoms with van der Waals surface area (Å²) in [5.74, 6) is 0.490. The van der Waals surface area contributed by atoms with Gasteiger partial charge in [0, 0.05) is 26.1 Å². The van der Waals surface area contributed by atoms with Gasteiger partial charge < -0.3 is 9.64 Å². The van der Waals surface area contributed by atoms with Crippen LogP contribution in [-0.2, 0) is 10.6 Å². The van der Waals surface area contributed by atoms with E-state index in [1.54, 1.807) is 7.11 Å². The van der Waals surface area contributed by atoms with E-state index < -0.39 is 0 Å². The number of benzene rings is 1. The van der Waals surface area contributed by atoms with Crippen LogP contribution in [-0.4, -0.2) is 26.3 Å². The molecule has 0 N–H and O–H groups in total. The van der Waals surface area contributed by atoms with Crippen LogP contribution in [0.4, 0.5) is 5.69 Å². The molecule has 1 aromatic rings. The number of piperidine rings is 1. The van der Waals surface area contributed by atoms with Crippen LogP contribution in [0.15, 0.2) is 18.2 Å². The minimum atomic E-state index is 0.295. The highest BCUT2D eigenvalue weighted by Crippen LogP contribution is 2.33. The SMILES string of the molecule is COC1CCCN(c2c(Cl)cccc2CCl)C1. The minimum absolute atomic E-state index is 0.295. The van der Waals surface area contributed by atoms with Gasteiger partial charge in [0.25, 0.3) is 0 Å². The van der Waals surface area contributed by atoms with Gasteiger partial charge in [0.05, 0.1) is 16.8 Å². The van der Waals surface area contributed by atoms with E-state index in [1.165, 1.54) is 0 Å². The smallest absolute Gasteiger partial charge is 0.0746 e. The van der Waals surface area contributed by atoms with Gasteiger partial charge in [-0.2, -0.15) is 0 Å². The Balaban J connectivity index is 2.26. The molecule has 94 valence electrons. The highest BCUT2D eigenvalue weighted by atomic mass is 35.5. The third-order valence-electron chi connectivity index (χ3n) is 3.24. The van der Waals surface area contributed by atoms with Crippen molar-refractivity contribution < 1.29 is 4.74 Å². The van der Waals surface area contributed by atoms with Crippen LogP contribution >= 0.6 is 23.2 Å². The molecule has 1 fully saturated rings. The Morgan fingerprint density at radius 3 is 3.00 bits per heavy atom. The van der Waals surface area contributed by atoms with E-state index in [9.17, 15) is 0 Å². The lowest BCUT2D eigenvalue weighted by molar-refractivity contribution is 0.0893. The number of anilines is 1. The van der Waals surface area contributed by atoms with Gasteiger partial charge in [-0.15, -0.1) is 11.6 Å². The first-order valence-corrected chi connectivity index (χ1v) is 6.78. The van der Waals surface area contributed by atoms with Gasteiger partial charge >= 0.3 is 0 Å². The summed E-state index contributed by atoms with van der Waals surface area (Å²) in [5.41, 5.74) is 2.17. The third kappa shape index (κ3) is 2.87. The fraction of sp³-hybridized carbons (Fsp3) is 0.538. The topological polar surface area (TPSA) is 12.5 Å². The monoisotopic (exact) mass is 273 g/mol. The van der Waals surface area contributed by atoms with Gasteiger partial charge in [0.2, 0.25) is 0 Å². The first kappa shape index (κ1) is 13.0. The maximum atomic E-state index is 6.29. The van der Waals surface area contributed by atoms with Crippen molar-refractivity contribution in [3.8, 4) is 0 Å². The summed E-state index contributed by atoms with van der Waals surface area (Å²) in [6.07, 6.45) is 2.54. The quantitative estimate of drug-likeness (QED) is 0.779. The molecular weight excluding hydrogens is 257 g/mol. The van der Waals surface area contributed by atoms with Crippen LogP contribution in [0.2, 0.25) is 5.02 Å². The number of nitrogens with zero attached hydrogens (tertiary/aromatic N) is 1. The Bertz CT molecular complexity index is 384. The summed E-state index contributed by atoms with van der Waals surface area (Å²) in [4.78, 5) is 2.29. The number of para-hydroxylation sites is 1. The van der Waals surface area contributed by atoms with Crippen LogP contribution in [0.1, 0.15) is 18.4 Å². The molecule has 1 aromatic carbocycles. The average Bonchev–Trinajstić information content (AvgIpc) is 2.38. The van der Waals surface area contributed by atoms with E-state index >= 15 is 0 Å². The van der Waals surface area contributed by atoms with Crippen molar-refractivity contribution >= 4 is 28.9 Å². The number of halogens is 2. The van der Waals surface area contributed by atoms with Gasteiger partial charge in [-0.05, 0) is 24.5 Å². The largest absolute Gasteiger partial charge is 0.380 e. The molecule has 1 saturated heterocycles. The summed E-state index contributed by atoms with van der Waals surface area (Å²) in [5, 5.41) is 0.778. The molecule has 0 aliphatic carbocycles. The predicted molar refractivity (Wildman–Crippen MR) is 73.3 cm³/mol. The first-order valence-electron chi connectivity index (χ1n) is 5.87. The molecule has 17 heavy (non-hydrogen) atoms. The summed E-state index contributed by atoms with van der Waals surface area (Å²) in [7, 11) is 1.77. The summed E-state index contributed by atoms with van der Waals surface area (Å²) in [6, 6.07) is 5.90. The van der Waals surface area contributed by atoms with Crippen LogP contribution in [0.3, 0.4) is 0 Å². The standard InChI is InChI=1S/C13H17Cl2NO/c1-17-11-5-3-7-16(9-11)13-10(8-14)4-2-6-12(13)15/h2,4,6,11H,3,5,7-9H2,1H3. The van der Waals surface area contributed by atoms with E-state index in [4.69, 9.17) is 27.9 Å². The Morgan fingerprint density at radius 1 is 1.47 bits per heavy atom. The lowest BCUT2D eigenvalue weighted by Gasteiger charge is -2.35. The van der Waals surface area contributed by atoms with E-state index in [2.05, 4.69) is 4.90 Å². The Hall–Kier alpha value is -0.440. The molecule has 0 spiro atoms. The van der Waals surface area contributed by atoms with Crippen molar-refractivity contribution in [2.75, 3.05) is 25.1 Å². The lowest BCUT2D eigenvalue weighted by atomic mass is 10.1. The normalized spacial score (nSPS) is 20.6. The van der Waals surface area contributed by atoms with E-state index in [-0.39, 0.29) is 0 Å². The summed E-state index contributed by atoms with van der Waals surface area (Å²) in [6.45, 7) is 1.91. The lowest BCUT2D eigenvalue weighted by Crippen LogP contribution is -2.39. The number of ether oxygens (including phenoxy) is 1. The van der Waals surface area contributed by atoms with Crippen LogP contribution in [0.25, 0.3) is 0 Å². The molecule has 1 unspecified atom stereocenters. The summed E-state index contributed by atoms with van der Waals surface area (Å²) >= 11 is 12.3. The minimum Gasteiger partial charge on any atom is -0.380 e. The van der Waals surface area contributed by atoms with Crippen LogP contribution in [0.5, 0.6) is 0 Å². The second-order valence-electron chi connectivity index (χ2n) is 4.33. The Kier molecular flexibility index (Phi) is 4.55. The maximum absolute atomic E-state index is 6.29. The van der Waals surface area contributed by atoms with E-state index in [0.29, 0.717) is 12.0 Å². The fourth-order valence-corrected chi connectivity index (χ4v) is 2.88. The highest BCUT2D eigenvalue weighted by molar-refractivity contribution is 6.33. The average molecular weight is 274 g/mol. The molecule has 2 nitrogen and oxygen atoms in total. The molecule has 1 heterocycles. The first-order chi connectivity index (χ1) is 8.26. The predicted octanol–water partition coefficient (Wildman–Crippen LogP) is 3.69. The van der Waals surface area contributed by atoms with Crippen molar-refractivity contribution in [3.63, 3.8) is 0 Å². The maximum Gasteiger partial charge on any atom is 0.0746 e. The van der Waals surface area contributed by atoms with Crippen molar-refractivity contribution in [1.82, 2.24) is 0 Å². The number of hydrogen-bond donors (Lipinski definition) is 0. The molecule has 0 saturated carbocycles. The van der Waals surface area contributed by atoms with Gasteiger partial charge in [-0.3, -0.25) is 0 Å². The van der Waals surface area contributed by atoms with Crippen molar-refractivity contribution in [3.05, 3.63) is 28.8 Å². The Morgan fingerprint density at radius 2 is 2.29 bits per heavy atom. The van der Waals surface area contributed by atoms with Gasteiger partial charge in [-0.1, -0.05) is 23.7 Å². The second-order valence-corrected chi connectivity index (χ2v) is 5.00. The molecule has 0 amide bonds. The summed E-state index contributed by atoms with van der Waals surface area (Å²) < 4.78 is 5.44. The molecule has 4 heteroatoms. The number of hydrogen-bond acceptors (Lipinski definition) is 2. The van der Waals surface area contributed by atoms with Gasteiger partial charge in [0.1, 0.15) is 0 Å². The molecule has 0 aromatic heterocycles. The van der Waals surface area contributed by atoms with Gasteiger partial charge in [-0.25, -0.2) is 0 Å². The molecule has 1 aliphatic heterocycles. The zero-order valence-electron chi connectivity index (χ0n) is 9.96. The van der Waals surface area contributed by atoms with Crippen molar-refractivity contribution in [2.45, 2.75) is 24.8 Å². The highest BCUT2D eigenvalue weighted by Gasteiger charge is 2.22. The third-order valence-corrected chi connectivity index (χ3v) is 3.83. The van der Waals surface area contributed by atoms with Crippen LogP contribution in [0, 0.1) is 0 Å². The molecule has 0 radical (unpaired) electrons. The molecule has 1 aliphatic rings. The number of methoxy groups -OCH3 is 1. The van der Waals surface area contributed by atoms with Crippen molar-refractivity contribution in [2.24, 2.45) is 0 Å². The van der Waals surface area contributed by atoms with Crippen LogP contribution < -0.4 is 4.90 Å².